The Morgan fingerprint density at radius 3 is 1.97 bits per heavy atom. The van der Waals surface area contributed by atoms with E-state index < -0.39 is 80.0 Å². The number of nitrogens with two attached hydrogens (primary N) is 5. The van der Waals surface area contributed by atoms with Crippen molar-refractivity contribution in [2.24, 2.45) is 28.7 Å². The quantitative estimate of drug-likeness (QED) is 0.162. The first kappa shape index (κ1) is 28.7. The van der Waals surface area contributed by atoms with Crippen LogP contribution < -0.4 is 58.2 Å². The van der Waals surface area contributed by atoms with E-state index in [2.05, 4.69) is 0 Å². The van der Waals surface area contributed by atoms with Crippen LogP contribution in [0.3, 0.4) is 0 Å². The van der Waals surface area contributed by atoms with E-state index in [1.165, 1.54) is 0 Å². The Hall–Kier alpha value is 0.480. The molecule has 0 aromatic heterocycles. The van der Waals surface area contributed by atoms with Gasteiger partial charge in [-0.2, -0.15) is 0 Å². The van der Waals surface area contributed by atoms with E-state index in [1.54, 1.807) is 0 Å². The van der Waals surface area contributed by atoms with Crippen LogP contribution in [0.15, 0.2) is 0 Å². The van der Waals surface area contributed by atoms with Crippen molar-refractivity contribution >= 4 is 0 Å². The first-order valence-electron chi connectivity index (χ1n) is 10.7. The average molecular weight is 476 g/mol. The Morgan fingerprint density at radius 1 is 0.812 bits per heavy atom. The molecule has 0 bridgehead atoms. The van der Waals surface area contributed by atoms with Gasteiger partial charge in [0.1, 0.15) is 36.6 Å². The molecule has 3 rings (SSSR count). The van der Waals surface area contributed by atoms with Gasteiger partial charge in [0.05, 0.1) is 24.8 Å². The summed E-state index contributed by atoms with van der Waals surface area (Å²) in [5, 5.41) is 40.7. The first-order chi connectivity index (χ1) is 14.7. The molecule has 2 aliphatic heterocycles. The molecular formula is C18H38N5NaO8. The molecule has 13 nitrogen and oxygen atoms in total. The third-order valence-electron chi connectivity index (χ3n) is 6.34. The summed E-state index contributed by atoms with van der Waals surface area (Å²) in [6.07, 6.45) is -7.72. The van der Waals surface area contributed by atoms with Crippen LogP contribution in [0.4, 0.5) is 0 Å². The maximum atomic E-state index is 11.0. The van der Waals surface area contributed by atoms with Gasteiger partial charge in [-0.15, -0.1) is 0 Å². The normalized spacial score (nSPS) is 50.0. The fourth-order valence-electron chi connectivity index (χ4n) is 4.36. The number of hydrogen-bond acceptors (Lipinski definition) is 13. The van der Waals surface area contributed by atoms with E-state index in [9.17, 15) is 20.4 Å². The van der Waals surface area contributed by atoms with Crippen molar-refractivity contribution in [2.75, 3.05) is 13.2 Å². The van der Waals surface area contributed by atoms with Gasteiger partial charge in [0.15, 0.2) is 12.6 Å². The molecule has 0 amide bonds. The van der Waals surface area contributed by atoms with Crippen molar-refractivity contribution < 1.29 is 70.4 Å². The third-order valence-corrected chi connectivity index (χ3v) is 6.34. The SMILES string of the molecule is NC[C@@H]1CC[C@@H](N)[C@@H](O[C@H]2[C@H](O)[C@@H](O[C@H]3O[C@H](CO)[C@@H](O)[C@H](N)[C@H]3O)[C@H](N)C[C@@H]2N)O1.[H-].[Na+]. The van der Waals surface area contributed by atoms with Gasteiger partial charge in [0.2, 0.25) is 0 Å². The summed E-state index contributed by atoms with van der Waals surface area (Å²) in [5.41, 5.74) is 30.0. The Balaban J connectivity index is 0.00000272. The number of ether oxygens (including phenoxy) is 4. The maximum absolute atomic E-state index is 11.0. The third kappa shape index (κ3) is 6.18. The number of rotatable bonds is 6. The van der Waals surface area contributed by atoms with Crippen LogP contribution in [0.5, 0.6) is 0 Å². The van der Waals surface area contributed by atoms with Crippen molar-refractivity contribution in [3.8, 4) is 0 Å². The van der Waals surface area contributed by atoms with Gasteiger partial charge in [-0.3, -0.25) is 0 Å². The fourth-order valence-corrected chi connectivity index (χ4v) is 4.36. The molecule has 14 N–H and O–H groups in total. The molecular weight excluding hydrogens is 437 g/mol. The van der Waals surface area contributed by atoms with Crippen LogP contribution in [0.2, 0.25) is 0 Å². The van der Waals surface area contributed by atoms with E-state index >= 15 is 0 Å². The van der Waals surface area contributed by atoms with Crippen LogP contribution in [0.1, 0.15) is 20.7 Å². The van der Waals surface area contributed by atoms with Crippen LogP contribution in [-0.4, -0.2) is 113 Å². The summed E-state index contributed by atoms with van der Waals surface area (Å²) in [5.74, 6) is 0. The van der Waals surface area contributed by atoms with Gasteiger partial charge in [-0.25, -0.2) is 0 Å². The Kier molecular flexibility index (Phi) is 11.2. The monoisotopic (exact) mass is 475 g/mol. The minimum Gasteiger partial charge on any atom is -1.00 e. The topological polar surface area (TPSA) is 248 Å². The van der Waals surface area contributed by atoms with Gasteiger partial charge in [-0.1, -0.05) is 0 Å². The van der Waals surface area contributed by atoms with E-state index in [0.29, 0.717) is 19.4 Å². The molecule has 3 fully saturated rings. The molecule has 1 saturated carbocycles. The van der Waals surface area contributed by atoms with Gasteiger partial charge in [0.25, 0.3) is 0 Å². The zero-order chi connectivity index (χ0) is 22.9. The van der Waals surface area contributed by atoms with Crippen molar-refractivity contribution in [1.29, 1.82) is 0 Å². The molecule has 0 aromatic carbocycles. The fraction of sp³-hybridized carbons (Fsp3) is 1.00. The largest absolute Gasteiger partial charge is 1.00 e. The second kappa shape index (κ2) is 12.4. The van der Waals surface area contributed by atoms with Gasteiger partial charge < -0.3 is 69.5 Å². The molecule has 0 aromatic rings. The van der Waals surface area contributed by atoms with Crippen LogP contribution in [-0.2, 0) is 18.9 Å². The van der Waals surface area contributed by atoms with Gasteiger partial charge in [0, 0.05) is 18.6 Å². The predicted molar refractivity (Wildman–Crippen MR) is 108 cm³/mol. The van der Waals surface area contributed by atoms with Crippen LogP contribution >= 0.6 is 0 Å². The molecule has 13 atom stereocenters. The predicted octanol–water partition coefficient (Wildman–Crippen LogP) is -8.15. The second-order valence-electron chi connectivity index (χ2n) is 8.64. The van der Waals surface area contributed by atoms with Crippen molar-refractivity contribution in [2.45, 2.75) is 98.7 Å². The Labute approximate surface area is 210 Å². The van der Waals surface area contributed by atoms with Crippen molar-refractivity contribution in [3.05, 3.63) is 0 Å². The molecule has 184 valence electrons. The van der Waals surface area contributed by atoms with Gasteiger partial charge in [-0.05, 0) is 19.3 Å². The van der Waals surface area contributed by atoms with Crippen LogP contribution in [0, 0.1) is 0 Å². The minimum atomic E-state index is -1.41. The second-order valence-corrected chi connectivity index (χ2v) is 8.64. The summed E-state index contributed by atoms with van der Waals surface area (Å²) in [6.45, 7) is -0.214. The average Bonchev–Trinajstić information content (AvgIpc) is 2.75. The molecule has 32 heavy (non-hydrogen) atoms. The maximum Gasteiger partial charge on any atom is 1.00 e. The van der Waals surface area contributed by atoms with E-state index in [1.807, 2.05) is 0 Å². The first-order valence-corrected chi connectivity index (χ1v) is 10.7. The molecule has 0 radical (unpaired) electrons. The summed E-state index contributed by atoms with van der Waals surface area (Å²) in [7, 11) is 0. The van der Waals surface area contributed by atoms with E-state index in [-0.39, 0.29) is 43.5 Å². The van der Waals surface area contributed by atoms with E-state index in [0.717, 1.165) is 0 Å². The Bertz CT molecular complexity index is 590. The van der Waals surface area contributed by atoms with Crippen LogP contribution in [0.25, 0.3) is 0 Å². The summed E-state index contributed by atoms with van der Waals surface area (Å²) in [4.78, 5) is 0. The van der Waals surface area contributed by atoms with E-state index in [4.69, 9.17) is 47.6 Å². The molecule has 0 spiro atoms. The molecule has 3 aliphatic rings. The number of aliphatic hydroxyl groups excluding tert-OH is 4. The summed E-state index contributed by atoms with van der Waals surface area (Å²) in [6, 6.07) is -2.85. The number of hydrogen-bond donors (Lipinski definition) is 9. The zero-order valence-electron chi connectivity index (χ0n) is 19.3. The molecule has 1 aliphatic carbocycles. The van der Waals surface area contributed by atoms with Gasteiger partial charge >= 0.3 is 29.6 Å². The Morgan fingerprint density at radius 2 is 1.41 bits per heavy atom. The standard InChI is InChI=1S/C18H37N5O8.Na.H/c19-4-6-1-2-7(20)17(28-6)30-15-8(21)3-9(22)16(14(15)27)31-18-13(26)11(23)12(25)10(5-24)29-18;;/h6-18,24-27H,1-5,19-23H2;;/q;+1;-1/t6-,7+,8-,9+,10+,11-,12+,13+,14-,15+,16-,17+,18+;;/m0../s1. The molecule has 14 heteroatoms. The minimum absolute atomic E-state index is 0. The molecule has 2 heterocycles. The van der Waals surface area contributed by atoms with Crippen molar-refractivity contribution in [1.82, 2.24) is 0 Å². The smallest absolute Gasteiger partial charge is 1.00 e. The summed E-state index contributed by atoms with van der Waals surface area (Å²) < 4.78 is 23.0. The molecule has 0 unspecified atom stereocenters. The number of aliphatic hydroxyl groups is 4. The summed E-state index contributed by atoms with van der Waals surface area (Å²) >= 11 is 0. The molecule has 2 saturated heterocycles. The van der Waals surface area contributed by atoms with Crippen molar-refractivity contribution in [3.63, 3.8) is 0 Å². The zero-order valence-corrected chi connectivity index (χ0v) is 20.3.